The lowest BCUT2D eigenvalue weighted by Gasteiger charge is -2.11. The highest BCUT2D eigenvalue weighted by Crippen LogP contribution is 2.42. The first-order valence-corrected chi connectivity index (χ1v) is 13.1. The highest BCUT2D eigenvalue weighted by molar-refractivity contribution is 8.26. The summed E-state index contributed by atoms with van der Waals surface area (Å²) in [6.07, 6.45) is 6.86. The van der Waals surface area contributed by atoms with Gasteiger partial charge in [0.25, 0.3) is 0 Å². The molecule has 4 rings (SSSR count). The number of pyridine rings is 2. The SMILES string of the molecule is N=C(C[C@@H]1CC[C@H](c2nnc(NC(=O)Cc3ccccn3)s2)C1)SC(=N)NC(=O)Cc1ccccn1. The molecule has 0 radical (unpaired) electrons. The van der Waals surface area contributed by atoms with Crippen molar-refractivity contribution in [3.8, 4) is 0 Å². The van der Waals surface area contributed by atoms with Crippen molar-refractivity contribution < 1.29 is 9.59 Å². The molecule has 12 heteroatoms. The van der Waals surface area contributed by atoms with Gasteiger partial charge in [-0.3, -0.25) is 30.4 Å². The van der Waals surface area contributed by atoms with Crippen LogP contribution in [0.1, 0.15) is 48.0 Å². The van der Waals surface area contributed by atoms with E-state index >= 15 is 0 Å². The molecule has 2 amide bonds. The number of rotatable bonds is 8. The predicted octanol–water partition coefficient (Wildman–Crippen LogP) is 3.79. The third-order valence-electron chi connectivity index (χ3n) is 5.67. The number of carbonyl (C=O) groups excluding carboxylic acids is 2. The molecule has 3 aromatic heterocycles. The molecule has 1 saturated carbocycles. The molecule has 186 valence electrons. The minimum atomic E-state index is -0.320. The van der Waals surface area contributed by atoms with Crippen LogP contribution in [0.15, 0.2) is 48.8 Å². The number of nitrogens with zero attached hydrogens (tertiary/aromatic N) is 4. The first-order chi connectivity index (χ1) is 17.4. The monoisotopic (exact) mass is 522 g/mol. The van der Waals surface area contributed by atoms with E-state index in [-0.39, 0.29) is 35.7 Å². The topological polar surface area (TPSA) is 157 Å². The van der Waals surface area contributed by atoms with Crippen LogP contribution >= 0.6 is 23.1 Å². The van der Waals surface area contributed by atoms with Crippen LogP contribution < -0.4 is 10.6 Å². The molecule has 0 bridgehead atoms. The Labute approximate surface area is 216 Å². The van der Waals surface area contributed by atoms with Gasteiger partial charge in [0.1, 0.15) is 5.01 Å². The quantitative estimate of drug-likeness (QED) is 0.259. The summed E-state index contributed by atoms with van der Waals surface area (Å²) in [5.74, 6) is 0.0438. The Morgan fingerprint density at radius 3 is 2.33 bits per heavy atom. The van der Waals surface area contributed by atoms with Gasteiger partial charge in [-0.25, -0.2) is 0 Å². The number of aromatic nitrogens is 4. The number of carbonyl (C=O) groups is 2. The molecule has 10 nitrogen and oxygen atoms in total. The van der Waals surface area contributed by atoms with Gasteiger partial charge in [-0.1, -0.05) is 23.5 Å². The zero-order valence-electron chi connectivity index (χ0n) is 19.4. The number of nitrogens with one attached hydrogen (secondary N) is 4. The fraction of sp³-hybridized carbons (Fsp3) is 0.333. The molecule has 1 aliphatic carbocycles. The molecule has 0 aliphatic heterocycles. The van der Waals surface area contributed by atoms with E-state index in [2.05, 4.69) is 30.8 Å². The minimum Gasteiger partial charge on any atom is -0.305 e. The number of hydrogen-bond acceptors (Lipinski definition) is 10. The maximum atomic E-state index is 12.2. The van der Waals surface area contributed by atoms with Crippen LogP contribution in [0.3, 0.4) is 0 Å². The summed E-state index contributed by atoms with van der Waals surface area (Å²) in [7, 11) is 0. The average molecular weight is 523 g/mol. The maximum Gasteiger partial charge on any atom is 0.232 e. The summed E-state index contributed by atoms with van der Waals surface area (Å²) < 4.78 is 0. The molecule has 0 saturated heterocycles. The second kappa shape index (κ2) is 12.5. The van der Waals surface area contributed by atoms with Crippen molar-refractivity contribution in [2.75, 3.05) is 5.32 Å². The summed E-state index contributed by atoms with van der Waals surface area (Å²) in [6.45, 7) is 0. The molecule has 1 aliphatic rings. The third kappa shape index (κ3) is 7.75. The molecule has 1 fully saturated rings. The molecular formula is C24H26N8O2S2. The van der Waals surface area contributed by atoms with Crippen molar-refractivity contribution in [3.63, 3.8) is 0 Å². The second-order valence-electron chi connectivity index (χ2n) is 8.47. The number of hydrogen-bond donors (Lipinski definition) is 4. The summed E-state index contributed by atoms with van der Waals surface area (Å²) in [4.78, 5) is 32.6. The van der Waals surface area contributed by atoms with Crippen LogP contribution in [-0.4, -0.2) is 42.2 Å². The molecule has 3 heterocycles. The lowest BCUT2D eigenvalue weighted by molar-refractivity contribution is -0.119. The molecule has 4 N–H and O–H groups in total. The Morgan fingerprint density at radius 2 is 1.67 bits per heavy atom. The van der Waals surface area contributed by atoms with Crippen molar-refractivity contribution in [2.24, 2.45) is 5.92 Å². The van der Waals surface area contributed by atoms with Gasteiger partial charge in [0.05, 0.1) is 17.9 Å². The van der Waals surface area contributed by atoms with E-state index in [9.17, 15) is 9.59 Å². The van der Waals surface area contributed by atoms with Crippen molar-refractivity contribution >= 4 is 50.3 Å². The van der Waals surface area contributed by atoms with Crippen LogP contribution in [0, 0.1) is 16.7 Å². The van der Waals surface area contributed by atoms with E-state index in [1.807, 2.05) is 12.1 Å². The van der Waals surface area contributed by atoms with Crippen molar-refractivity contribution in [1.82, 2.24) is 25.5 Å². The summed E-state index contributed by atoms with van der Waals surface area (Å²) in [5.41, 5.74) is 1.33. The molecule has 0 unspecified atom stereocenters. The number of amides is 2. The molecule has 0 spiro atoms. The van der Waals surface area contributed by atoms with Gasteiger partial charge in [0.2, 0.25) is 16.9 Å². The van der Waals surface area contributed by atoms with E-state index in [0.717, 1.165) is 36.0 Å². The fourth-order valence-corrected chi connectivity index (χ4v) is 5.69. The Bertz CT molecular complexity index is 1220. The Morgan fingerprint density at radius 1 is 0.972 bits per heavy atom. The van der Waals surface area contributed by atoms with Crippen LogP contribution in [0.2, 0.25) is 0 Å². The van der Waals surface area contributed by atoms with Gasteiger partial charge in [-0.05, 0) is 67.6 Å². The van der Waals surface area contributed by atoms with Gasteiger partial charge < -0.3 is 10.6 Å². The third-order valence-corrected chi connectivity index (χ3v) is 7.39. The van der Waals surface area contributed by atoms with Crippen LogP contribution in [0.5, 0.6) is 0 Å². The Hall–Kier alpha value is -3.51. The normalized spacial score (nSPS) is 16.9. The van der Waals surface area contributed by atoms with Gasteiger partial charge in [-0.2, -0.15) is 0 Å². The van der Waals surface area contributed by atoms with E-state index < -0.39 is 0 Å². The fourth-order valence-electron chi connectivity index (χ4n) is 4.06. The van der Waals surface area contributed by atoms with E-state index in [1.54, 1.807) is 36.7 Å². The van der Waals surface area contributed by atoms with Gasteiger partial charge in [0, 0.05) is 29.7 Å². The Balaban J connectivity index is 1.18. The van der Waals surface area contributed by atoms with Gasteiger partial charge in [-0.15, -0.1) is 10.2 Å². The number of thioether (sulfide) groups is 1. The average Bonchev–Trinajstić information content (AvgIpc) is 3.49. The first kappa shape index (κ1) is 25.6. The maximum absolute atomic E-state index is 12.2. The highest BCUT2D eigenvalue weighted by Gasteiger charge is 2.29. The first-order valence-electron chi connectivity index (χ1n) is 11.5. The number of anilines is 1. The van der Waals surface area contributed by atoms with Crippen LogP contribution in [0.25, 0.3) is 0 Å². The minimum absolute atomic E-state index is 0.0503. The van der Waals surface area contributed by atoms with Crippen molar-refractivity contribution in [1.29, 1.82) is 10.8 Å². The van der Waals surface area contributed by atoms with E-state index in [0.29, 0.717) is 33.9 Å². The summed E-state index contributed by atoms with van der Waals surface area (Å²) in [5, 5.41) is 31.7. The largest absolute Gasteiger partial charge is 0.305 e. The lowest BCUT2D eigenvalue weighted by Crippen LogP contribution is -2.30. The zero-order valence-corrected chi connectivity index (χ0v) is 21.1. The van der Waals surface area contributed by atoms with E-state index in [1.165, 1.54) is 11.3 Å². The predicted molar refractivity (Wildman–Crippen MR) is 140 cm³/mol. The molecular weight excluding hydrogens is 496 g/mol. The summed E-state index contributed by atoms with van der Waals surface area (Å²) >= 11 is 2.36. The van der Waals surface area contributed by atoms with Gasteiger partial charge in [0.15, 0.2) is 5.17 Å². The molecule has 3 aromatic rings. The van der Waals surface area contributed by atoms with Gasteiger partial charge >= 0.3 is 0 Å². The summed E-state index contributed by atoms with van der Waals surface area (Å²) in [6, 6.07) is 10.8. The molecule has 0 aromatic carbocycles. The van der Waals surface area contributed by atoms with E-state index in [4.69, 9.17) is 10.8 Å². The Kier molecular flexibility index (Phi) is 8.85. The standard InChI is InChI=1S/C24H26N8O2S2/c25-19(35-23(26)29-20(33)13-17-5-1-3-9-27-17)12-15-7-8-16(11-15)22-31-32-24(36-22)30-21(34)14-18-6-2-4-10-28-18/h1-6,9-10,15-16,25H,7-8,11-14H2,(H2,26,29,33)(H,30,32,34)/t15-,16+/m1/s1. The molecule has 36 heavy (non-hydrogen) atoms. The van der Waals surface area contributed by atoms with Crippen LogP contribution in [-0.2, 0) is 22.4 Å². The zero-order chi connectivity index (χ0) is 25.3. The number of amidine groups is 1. The second-order valence-corrected chi connectivity index (χ2v) is 10.6. The lowest BCUT2D eigenvalue weighted by atomic mass is 10.0. The highest BCUT2D eigenvalue weighted by atomic mass is 32.2. The van der Waals surface area contributed by atoms with Crippen molar-refractivity contribution in [3.05, 3.63) is 65.2 Å². The molecule has 2 atom stereocenters. The smallest absolute Gasteiger partial charge is 0.232 e. The van der Waals surface area contributed by atoms with Crippen molar-refractivity contribution in [2.45, 2.75) is 44.4 Å². The van der Waals surface area contributed by atoms with Crippen LogP contribution in [0.4, 0.5) is 5.13 Å².